The fourth-order valence-electron chi connectivity index (χ4n) is 13.6. The zero-order chi connectivity index (χ0) is 28.1. The Morgan fingerprint density at radius 1 is 0.442 bits per heavy atom. The van der Waals surface area contributed by atoms with Crippen LogP contribution < -0.4 is 0 Å². The van der Waals surface area contributed by atoms with E-state index >= 15 is 0 Å². The van der Waals surface area contributed by atoms with E-state index < -0.39 is 0 Å². The van der Waals surface area contributed by atoms with Gasteiger partial charge < -0.3 is 4.57 Å². The van der Waals surface area contributed by atoms with E-state index in [0.717, 1.165) is 65.1 Å². The van der Waals surface area contributed by atoms with Gasteiger partial charge in [0.05, 0.1) is 11.0 Å². The summed E-state index contributed by atoms with van der Waals surface area (Å²) in [5, 5.41) is 2.74. The summed E-state index contributed by atoms with van der Waals surface area (Å²) in [4.78, 5) is 0. The van der Waals surface area contributed by atoms with Gasteiger partial charge in [0.1, 0.15) is 0 Å². The van der Waals surface area contributed by atoms with Crippen LogP contribution in [0.4, 0.5) is 0 Å². The first kappa shape index (κ1) is 25.8. The minimum atomic E-state index is 0.737. The van der Waals surface area contributed by atoms with Gasteiger partial charge in [-0.3, -0.25) is 0 Å². The molecule has 6 aliphatic rings. The van der Waals surface area contributed by atoms with E-state index in [0.29, 0.717) is 0 Å². The average molecular weight is 568 g/mol. The summed E-state index contributed by atoms with van der Waals surface area (Å²) in [6, 6.07) is 28.0. The van der Waals surface area contributed by atoms with E-state index in [1.807, 2.05) is 0 Å². The van der Waals surface area contributed by atoms with Gasteiger partial charge in [-0.2, -0.15) is 0 Å². The average Bonchev–Trinajstić information content (AvgIpc) is 3.42. The molecule has 222 valence electrons. The third-order valence-electron chi connectivity index (χ3n) is 14.7. The molecule has 43 heavy (non-hydrogen) atoms. The summed E-state index contributed by atoms with van der Waals surface area (Å²) < 4.78 is 2.55. The van der Waals surface area contributed by atoms with E-state index in [1.165, 1.54) is 66.0 Å². The van der Waals surface area contributed by atoms with Crippen molar-refractivity contribution >= 4 is 21.8 Å². The molecular formula is C42H49N. The molecule has 1 nitrogen and oxygen atoms in total. The van der Waals surface area contributed by atoms with Gasteiger partial charge in [0, 0.05) is 16.5 Å². The topological polar surface area (TPSA) is 4.93 Å². The number of benzene rings is 3. The molecule has 0 amide bonds. The van der Waals surface area contributed by atoms with Crippen LogP contribution >= 0.6 is 0 Å². The Balaban J connectivity index is 1.08. The van der Waals surface area contributed by atoms with Crippen LogP contribution in [0.5, 0.6) is 0 Å². The second kappa shape index (κ2) is 9.98. The summed E-state index contributed by atoms with van der Waals surface area (Å²) in [6.07, 6.45) is 20.0. The third-order valence-corrected chi connectivity index (χ3v) is 14.7. The van der Waals surface area contributed by atoms with Crippen LogP contribution in [0, 0.1) is 59.2 Å². The molecule has 0 aliphatic heterocycles. The maximum Gasteiger partial charge on any atom is 0.0541 e. The molecule has 8 unspecified atom stereocenters. The number of hydrogen-bond acceptors (Lipinski definition) is 0. The monoisotopic (exact) mass is 567 g/mol. The maximum absolute atomic E-state index is 2.62. The fraction of sp³-hybridized carbons (Fsp3) is 0.571. The third kappa shape index (κ3) is 3.75. The molecule has 1 aromatic heterocycles. The number of fused-ring (bicyclic) bond motifs is 9. The second-order valence-corrected chi connectivity index (χ2v) is 16.1. The van der Waals surface area contributed by atoms with Crippen molar-refractivity contribution in [2.24, 2.45) is 59.2 Å². The Kier molecular flexibility index (Phi) is 5.98. The van der Waals surface area contributed by atoms with Crippen molar-refractivity contribution < 1.29 is 0 Å². The number of hydrogen-bond donors (Lipinski definition) is 0. The minimum absolute atomic E-state index is 0.737. The Morgan fingerprint density at radius 3 is 1.51 bits per heavy atom. The first-order chi connectivity index (χ1) is 21.3. The van der Waals surface area contributed by atoms with Gasteiger partial charge in [-0.1, -0.05) is 80.6 Å². The second-order valence-electron chi connectivity index (χ2n) is 16.1. The standard InChI is InChI=1S/C42H49N/c1-3-15-31-29(13-1)35-19-10-20-36-30-14-2-4-16-32(30)38-25-27(24-37(31)42(38)41(35)36)26-11-9-12-28(23-26)43-39-21-7-5-17-33(39)34-18-6-8-22-40(34)43/h5-9,11-12,17-18,21-23,27,29-32,35-38,41-42H,1-4,10,13-16,19-20,24-25H2. The quantitative estimate of drug-likeness (QED) is 0.227. The first-order valence-corrected chi connectivity index (χ1v) is 18.4. The first-order valence-electron chi connectivity index (χ1n) is 18.4. The summed E-state index contributed by atoms with van der Waals surface area (Å²) >= 11 is 0. The molecule has 6 fully saturated rings. The van der Waals surface area contributed by atoms with E-state index in [-0.39, 0.29) is 0 Å². The number of rotatable bonds is 2. The van der Waals surface area contributed by atoms with Crippen LogP contribution in [0.25, 0.3) is 27.5 Å². The van der Waals surface area contributed by atoms with E-state index in [9.17, 15) is 0 Å². The molecule has 1 heteroatoms. The minimum Gasteiger partial charge on any atom is -0.309 e. The fourth-order valence-corrected chi connectivity index (χ4v) is 13.6. The van der Waals surface area contributed by atoms with Crippen LogP contribution in [0.2, 0.25) is 0 Å². The predicted octanol–water partition coefficient (Wildman–Crippen LogP) is 11.2. The lowest BCUT2D eigenvalue weighted by Gasteiger charge is -2.68. The van der Waals surface area contributed by atoms with Gasteiger partial charge in [0.25, 0.3) is 0 Å². The Labute approximate surface area is 258 Å². The van der Waals surface area contributed by atoms with Crippen molar-refractivity contribution in [1.29, 1.82) is 0 Å². The van der Waals surface area contributed by atoms with Gasteiger partial charge >= 0.3 is 0 Å². The summed E-state index contributed by atoms with van der Waals surface area (Å²) in [7, 11) is 0. The largest absolute Gasteiger partial charge is 0.309 e. The molecule has 3 aromatic carbocycles. The lowest BCUT2D eigenvalue weighted by Crippen LogP contribution is -2.61. The number of aromatic nitrogens is 1. The van der Waals surface area contributed by atoms with Gasteiger partial charge in [-0.05, 0) is 146 Å². The van der Waals surface area contributed by atoms with Crippen LogP contribution in [-0.2, 0) is 0 Å². The van der Waals surface area contributed by atoms with Gasteiger partial charge in [-0.15, -0.1) is 0 Å². The van der Waals surface area contributed by atoms with E-state index in [4.69, 9.17) is 0 Å². The smallest absolute Gasteiger partial charge is 0.0541 e. The summed E-state index contributed by atoms with van der Waals surface area (Å²) in [6.45, 7) is 0. The zero-order valence-corrected chi connectivity index (χ0v) is 25.9. The molecule has 0 spiro atoms. The Hall–Kier alpha value is -2.54. The normalized spacial score (nSPS) is 40.0. The highest BCUT2D eigenvalue weighted by Gasteiger charge is 2.62. The highest BCUT2D eigenvalue weighted by Crippen LogP contribution is 2.70. The lowest BCUT2D eigenvalue weighted by molar-refractivity contribution is -0.189. The number of nitrogens with zero attached hydrogens (tertiary/aromatic N) is 1. The van der Waals surface area contributed by atoms with Crippen molar-refractivity contribution in [3.8, 4) is 5.69 Å². The lowest BCUT2D eigenvalue weighted by atomic mass is 9.37. The molecular weight excluding hydrogens is 518 g/mol. The predicted molar refractivity (Wildman–Crippen MR) is 178 cm³/mol. The molecule has 4 aromatic rings. The molecule has 0 bridgehead atoms. The SMILES string of the molecule is c1cc(C2CC3C4CCCCC4C4CCCC5C6CCCCC6C(C2)C3C45)cc(-n2c3ccccc3c3ccccc32)c1. The van der Waals surface area contributed by atoms with Gasteiger partial charge in [-0.25, -0.2) is 0 Å². The van der Waals surface area contributed by atoms with Gasteiger partial charge in [0.15, 0.2) is 0 Å². The highest BCUT2D eigenvalue weighted by atomic mass is 15.0. The Bertz CT molecular complexity index is 1560. The molecule has 8 atom stereocenters. The summed E-state index contributed by atoms with van der Waals surface area (Å²) in [5.74, 6) is 11.2. The molecule has 1 heterocycles. The number of para-hydroxylation sites is 2. The van der Waals surface area contributed by atoms with Crippen molar-refractivity contribution in [1.82, 2.24) is 4.57 Å². The van der Waals surface area contributed by atoms with Crippen LogP contribution in [0.1, 0.15) is 95.0 Å². The van der Waals surface area contributed by atoms with Crippen molar-refractivity contribution in [3.05, 3.63) is 78.4 Å². The van der Waals surface area contributed by atoms with E-state index in [2.05, 4.69) is 77.4 Å². The van der Waals surface area contributed by atoms with E-state index in [1.54, 1.807) is 50.5 Å². The molecule has 6 aliphatic carbocycles. The van der Waals surface area contributed by atoms with Crippen molar-refractivity contribution in [2.75, 3.05) is 0 Å². The molecule has 0 saturated heterocycles. The van der Waals surface area contributed by atoms with Crippen LogP contribution in [0.3, 0.4) is 0 Å². The highest BCUT2D eigenvalue weighted by molar-refractivity contribution is 6.09. The molecule has 10 rings (SSSR count). The van der Waals surface area contributed by atoms with Crippen LogP contribution in [0.15, 0.2) is 72.8 Å². The molecule has 0 radical (unpaired) electrons. The Morgan fingerprint density at radius 2 is 0.930 bits per heavy atom. The molecule has 0 N–H and O–H groups in total. The van der Waals surface area contributed by atoms with Crippen LogP contribution in [-0.4, -0.2) is 4.57 Å². The van der Waals surface area contributed by atoms with Crippen molar-refractivity contribution in [3.63, 3.8) is 0 Å². The van der Waals surface area contributed by atoms with Crippen molar-refractivity contribution in [2.45, 2.75) is 89.4 Å². The molecule has 6 saturated carbocycles. The zero-order valence-electron chi connectivity index (χ0n) is 25.9. The summed E-state index contributed by atoms with van der Waals surface area (Å²) in [5.41, 5.74) is 5.69. The van der Waals surface area contributed by atoms with Gasteiger partial charge in [0.2, 0.25) is 0 Å². The maximum atomic E-state index is 2.62.